The molecule has 2 aliphatic rings. The SMILES string of the molecule is CC(C)c1ccnc(-c2nc3nc(C(=O)O)nc(N(C)C(C)C4CCC4)c3n2CC2CCCCC2)c1. The van der Waals surface area contributed by atoms with Crippen molar-refractivity contribution in [2.24, 2.45) is 11.8 Å². The number of pyridine rings is 1. The Hall–Kier alpha value is -3.03. The molecule has 0 aromatic carbocycles. The Balaban J connectivity index is 1.71. The van der Waals surface area contributed by atoms with Crippen molar-refractivity contribution in [3.63, 3.8) is 0 Å². The van der Waals surface area contributed by atoms with Gasteiger partial charge in [0.15, 0.2) is 17.3 Å². The van der Waals surface area contributed by atoms with Crippen LogP contribution in [0.2, 0.25) is 0 Å². The van der Waals surface area contributed by atoms with Gasteiger partial charge in [0.2, 0.25) is 5.82 Å². The van der Waals surface area contributed by atoms with Gasteiger partial charge in [-0.3, -0.25) is 4.98 Å². The number of nitrogens with zero attached hydrogens (tertiary/aromatic N) is 6. The van der Waals surface area contributed by atoms with Crippen LogP contribution in [0.4, 0.5) is 5.82 Å². The van der Waals surface area contributed by atoms with Gasteiger partial charge in [-0.15, -0.1) is 0 Å². The zero-order chi connectivity index (χ0) is 25.4. The predicted octanol–water partition coefficient (Wildman–Crippen LogP) is 5.92. The molecule has 0 saturated heterocycles. The highest BCUT2D eigenvalue weighted by atomic mass is 16.4. The van der Waals surface area contributed by atoms with Crippen LogP contribution in [0, 0.1) is 11.8 Å². The van der Waals surface area contributed by atoms with E-state index in [0.29, 0.717) is 29.2 Å². The van der Waals surface area contributed by atoms with Gasteiger partial charge in [-0.1, -0.05) is 39.5 Å². The summed E-state index contributed by atoms with van der Waals surface area (Å²) in [5.74, 6) is 1.57. The summed E-state index contributed by atoms with van der Waals surface area (Å²) in [6, 6.07) is 4.40. The van der Waals surface area contributed by atoms with Crippen molar-refractivity contribution in [1.82, 2.24) is 24.5 Å². The molecule has 192 valence electrons. The average Bonchev–Trinajstić information content (AvgIpc) is 3.20. The molecular formula is C28H38N6O2. The van der Waals surface area contributed by atoms with Crippen molar-refractivity contribution in [2.45, 2.75) is 90.6 Å². The molecule has 1 atom stereocenters. The summed E-state index contributed by atoms with van der Waals surface area (Å²) in [7, 11) is 2.03. The second-order valence-corrected chi connectivity index (χ2v) is 11.1. The van der Waals surface area contributed by atoms with Gasteiger partial charge in [0, 0.05) is 25.8 Å². The first kappa shape index (κ1) is 24.7. The van der Waals surface area contributed by atoms with Crippen molar-refractivity contribution < 1.29 is 9.90 Å². The third-order valence-electron chi connectivity index (χ3n) is 8.40. The van der Waals surface area contributed by atoms with E-state index in [1.807, 2.05) is 19.3 Å². The van der Waals surface area contributed by atoms with Crippen molar-refractivity contribution in [3.05, 3.63) is 29.7 Å². The summed E-state index contributed by atoms with van der Waals surface area (Å²) < 4.78 is 2.24. The average molecular weight is 491 g/mol. The first-order valence-electron chi connectivity index (χ1n) is 13.5. The van der Waals surface area contributed by atoms with Crippen molar-refractivity contribution in [3.8, 4) is 11.5 Å². The largest absolute Gasteiger partial charge is 0.475 e. The monoisotopic (exact) mass is 490 g/mol. The van der Waals surface area contributed by atoms with Crippen LogP contribution in [0.15, 0.2) is 18.3 Å². The molecule has 1 unspecified atom stereocenters. The van der Waals surface area contributed by atoms with E-state index in [9.17, 15) is 9.90 Å². The van der Waals surface area contributed by atoms with E-state index in [1.54, 1.807) is 0 Å². The van der Waals surface area contributed by atoms with Crippen LogP contribution >= 0.6 is 0 Å². The molecule has 5 rings (SSSR count). The van der Waals surface area contributed by atoms with E-state index < -0.39 is 5.97 Å². The molecule has 36 heavy (non-hydrogen) atoms. The molecule has 2 fully saturated rings. The minimum atomic E-state index is -1.13. The minimum absolute atomic E-state index is 0.206. The molecule has 0 radical (unpaired) electrons. The molecule has 0 amide bonds. The van der Waals surface area contributed by atoms with Gasteiger partial charge >= 0.3 is 5.97 Å². The molecule has 0 aliphatic heterocycles. The standard InChI is InChI=1S/C28H38N6O2/c1-17(2)21-13-14-29-22(15-21)26-31-24-23(34(26)16-19-9-6-5-7-10-19)27(32-25(30-24)28(35)36)33(4)18(3)20-11-8-12-20/h13-15,17-20H,5-12,16H2,1-4H3,(H,35,36). The number of hydrogen-bond donors (Lipinski definition) is 1. The fraction of sp³-hybridized carbons (Fsp3) is 0.607. The van der Waals surface area contributed by atoms with Gasteiger partial charge in [-0.25, -0.2) is 19.7 Å². The fourth-order valence-electron chi connectivity index (χ4n) is 5.72. The molecule has 2 aliphatic carbocycles. The molecule has 3 heterocycles. The van der Waals surface area contributed by atoms with Crippen LogP contribution < -0.4 is 4.90 Å². The molecule has 0 bridgehead atoms. The van der Waals surface area contributed by atoms with Crippen LogP contribution in [0.3, 0.4) is 0 Å². The lowest BCUT2D eigenvalue weighted by molar-refractivity contribution is 0.0684. The highest BCUT2D eigenvalue weighted by Crippen LogP contribution is 2.37. The van der Waals surface area contributed by atoms with Gasteiger partial charge in [0.05, 0.1) is 0 Å². The lowest BCUT2D eigenvalue weighted by Crippen LogP contribution is -2.39. The second kappa shape index (κ2) is 10.1. The number of aromatic nitrogens is 5. The molecule has 3 aromatic rings. The van der Waals surface area contributed by atoms with E-state index in [1.165, 1.54) is 56.9 Å². The van der Waals surface area contributed by atoms with E-state index >= 15 is 0 Å². The third-order valence-corrected chi connectivity index (χ3v) is 8.40. The Morgan fingerprint density at radius 2 is 1.83 bits per heavy atom. The number of rotatable bonds is 8. The van der Waals surface area contributed by atoms with E-state index in [4.69, 9.17) is 9.97 Å². The van der Waals surface area contributed by atoms with Gasteiger partial charge < -0.3 is 14.6 Å². The Bertz CT molecular complexity index is 1240. The van der Waals surface area contributed by atoms with Gasteiger partial charge in [0.1, 0.15) is 11.2 Å². The summed E-state index contributed by atoms with van der Waals surface area (Å²) in [5, 5.41) is 9.82. The smallest absolute Gasteiger partial charge is 0.374 e. The normalized spacial score (nSPS) is 17.9. The topological polar surface area (TPSA) is 97.0 Å². The Kier molecular flexibility index (Phi) is 6.95. The Labute approximate surface area is 213 Å². The molecule has 8 heteroatoms. The van der Waals surface area contributed by atoms with Crippen molar-refractivity contribution >= 4 is 23.0 Å². The molecule has 1 N–H and O–H groups in total. The third kappa shape index (κ3) is 4.70. The molecule has 8 nitrogen and oxygen atoms in total. The second-order valence-electron chi connectivity index (χ2n) is 11.1. The quantitative estimate of drug-likeness (QED) is 0.419. The molecule has 3 aromatic heterocycles. The summed E-state index contributed by atoms with van der Waals surface area (Å²) in [4.78, 5) is 32.8. The fourth-order valence-corrected chi connectivity index (χ4v) is 5.72. The highest BCUT2D eigenvalue weighted by molar-refractivity contribution is 5.92. The Morgan fingerprint density at radius 1 is 1.08 bits per heavy atom. The van der Waals surface area contributed by atoms with Gasteiger partial charge in [-0.2, -0.15) is 0 Å². The number of carboxylic acids is 1. The molecular weight excluding hydrogens is 452 g/mol. The number of carboxylic acid groups (broad SMARTS) is 1. The zero-order valence-electron chi connectivity index (χ0n) is 21.9. The minimum Gasteiger partial charge on any atom is -0.475 e. The first-order chi connectivity index (χ1) is 17.3. The lowest BCUT2D eigenvalue weighted by Gasteiger charge is -2.38. The lowest BCUT2D eigenvalue weighted by atomic mass is 9.80. The predicted molar refractivity (Wildman–Crippen MR) is 141 cm³/mol. The van der Waals surface area contributed by atoms with Crippen LogP contribution in [-0.4, -0.2) is 48.7 Å². The van der Waals surface area contributed by atoms with Crippen molar-refractivity contribution in [1.29, 1.82) is 0 Å². The summed E-state index contributed by atoms with van der Waals surface area (Å²) in [5.41, 5.74) is 3.26. The van der Waals surface area contributed by atoms with Crippen LogP contribution in [0.25, 0.3) is 22.7 Å². The van der Waals surface area contributed by atoms with Crippen LogP contribution in [0.1, 0.15) is 94.2 Å². The van der Waals surface area contributed by atoms with Crippen molar-refractivity contribution in [2.75, 3.05) is 11.9 Å². The number of carbonyl (C=O) groups is 1. The van der Waals surface area contributed by atoms with Crippen LogP contribution in [0.5, 0.6) is 0 Å². The first-order valence-corrected chi connectivity index (χ1v) is 13.5. The highest BCUT2D eigenvalue weighted by Gasteiger charge is 2.31. The molecule has 0 spiro atoms. The maximum atomic E-state index is 12.0. The summed E-state index contributed by atoms with van der Waals surface area (Å²) in [6.45, 7) is 7.37. The van der Waals surface area contributed by atoms with E-state index in [-0.39, 0.29) is 11.9 Å². The van der Waals surface area contributed by atoms with Gasteiger partial charge in [-0.05, 0) is 68.1 Å². The number of hydrogen-bond acceptors (Lipinski definition) is 6. The van der Waals surface area contributed by atoms with Crippen LogP contribution in [-0.2, 0) is 6.54 Å². The maximum Gasteiger partial charge on any atom is 0.374 e. The summed E-state index contributed by atoms with van der Waals surface area (Å²) in [6.07, 6.45) is 11.7. The van der Waals surface area contributed by atoms with Gasteiger partial charge in [0.25, 0.3) is 0 Å². The zero-order valence-corrected chi connectivity index (χ0v) is 21.9. The number of fused-ring (bicyclic) bond motifs is 1. The maximum absolute atomic E-state index is 12.0. The summed E-state index contributed by atoms with van der Waals surface area (Å²) >= 11 is 0. The number of aromatic carboxylic acids is 1. The molecule has 2 saturated carbocycles. The van der Waals surface area contributed by atoms with E-state index in [0.717, 1.165) is 23.6 Å². The number of anilines is 1. The Morgan fingerprint density at radius 3 is 2.47 bits per heavy atom. The number of imidazole rings is 1. The van der Waals surface area contributed by atoms with E-state index in [2.05, 4.69) is 46.3 Å².